The van der Waals surface area contributed by atoms with Crippen molar-refractivity contribution in [3.8, 4) is 0 Å². The van der Waals surface area contributed by atoms with Crippen molar-refractivity contribution in [2.45, 2.75) is 43.4 Å². The van der Waals surface area contributed by atoms with Gasteiger partial charge in [-0.1, -0.05) is 26.2 Å². The van der Waals surface area contributed by atoms with Crippen LogP contribution in [-0.4, -0.2) is 38.6 Å². The Bertz CT molecular complexity index is 188. The molecule has 0 saturated carbocycles. The third kappa shape index (κ3) is 3.92. The van der Waals surface area contributed by atoms with Crippen LogP contribution in [0.15, 0.2) is 0 Å². The molecule has 1 amide bonds. The lowest BCUT2D eigenvalue weighted by molar-refractivity contribution is -0.128. The molecule has 2 radical (unpaired) electrons. The van der Waals surface area contributed by atoms with Crippen LogP contribution in [0, 0.1) is 0 Å². The van der Waals surface area contributed by atoms with Crippen molar-refractivity contribution in [1.29, 1.82) is 0 Å². The highest BCUT2D eigenvalue weighted by atomic mass is 35.5. The van der Waals surface area contributed by atoms with Crippen LogP contribution < -0.4 is 0 Å². The zero-order chi connectivity index (χ0) is 11.5. The molecule has 0 aliphatic heterocycles. The average Bonchev–Trinajstić information content (AvgIpc) is 2.03. The molecule has 0 aromatic rings. The lowest BCUT2D eigenvalue weighted by Gasteiger charge is -2.34. The SMILES string of the molecule is CC(=O)N(C(Cl)[Si](C)C)C(Cl)[Si](C)C. The molecule has 0 rings (SSSR count). The number of carbonyl (C=O) groups excluding carboxylic acids is 1. The predicted molar refractivity (Wildman–Crippen MR) is 66.8 cm³/mol. The number of nitrogens with zero attached hydrogens (tertiary/aromatic N) is 1. The zero-order valence-corrected chi connectivity index (χ0v) is 12.8. The van der Waals surface area contributed by atoms with E-state index < -0.39 is 17.6 Å². The Kier molecular flexibility index (Phi) is 6.36. The van der Waals surface area contributed by atoms with Crippen molar-refractivity contribution in [2.75, 3.05) is 0 Å². The first-order valence-corrected chi connectivity index (χ1v) is 10.5. The van der Waals surface area contributed by atoms with Gasteiger partial charge in [0.1, 0.15) is 0 Å². The number of hydrogen-bond donors (Lipinski definition) is 0. The first kappa shape index (κ1) is 14.5. The second-order valence-corrected chi connectivity index (χ2v) is 10.7. The Morgan fingerprint density at radius 3 is 1.50 bits per heavy atom. The van der Waals surface area contributed by atoms with Crippen LogP contribution in [0.5, 0.6) is 0 Å². The molecule has 0 N–H and O–H groups in total. The molecule has 2 atom stereocenters. The summed E-state index contributed by atoms with van der Waals surface area (Å²) < 4.78 is 0. The molecule has 0 aliphatic rings. The minimum atomic E-state index is -0.731. The molecular weight excluding hydrogens is 253 g/mol. The largest absolute Gasteiger partial charge is 0.317 e. The molecule has 0 aromatic carbocycles. The van der Waals surface area contributed by atoms with Gasteiger partial charge in [0.2, 0.25) is 5.91 Å². The van der Waals surface area contributed by atoms with E-state index in [-0.39, 0.29) is 16.2 Å². The number of alkyl halides is 2. The molecule has 82 valence electrons. The van der Waals surface area contributed by atoms with Gasteiger partial charge in [-0.25, -0.2) is 0 Å². The van der Waals surface area contributed by atoms with E-state index in [0.29, 0.717) is 0 Å². The number of rotatable bonds is 4. The number of halogens is 2. The fraction of sp³-hybridized carbons (Fsp3) is 0.875. The minimum Gasteiger partial charge on any atom is -0.317 e. The molecule has 2 unspecified atom stereocenters. The van der Waals surface area contributed by atoms with E-state index in [2.05, 4.69) is 26.2 Å². The van der Waals surface area contributed by atoms with E-state index in [1.165, 1.54) is 6.92 Å². The second-order valence-electron chi connectivity index (χ2n) is 3.75. The van der Waals surface area contributed by atoms with Gasteiger partial charge in [-0.3, -0.25) is 4.79 Å². The van der Waals surface area contributed by atoms with E-state index >= 15 is 0 Å². The Labute approximate surface area is 99.8 Å². The van der Waals surface area contributed by atoms with E-state index in [9.17, 15) is 4.79 Å². The summed E-state index contributed by atoms with van der Waals surface area (Å²) in [6.07, 6.45) is 0. The van der Waals surface area contributed by atoms with Crippen LogP contribution >= 0.6 is 23.2 Å². The molecule has 0 aliphatic carbocycles. The van der Waals surface area contributed by atoms with Crippen molar-refractivity contribution in [2.24, 2.45) is 0 Å². The van der Waals surface area contributed by atoms with Gasteiger partial charge in [0, 0.05) is 6.92 Å². The Balaban J connectivity index is 4.68. The van der Waals surface area contributed by atoms with Crippen molar-refractivity contribution in [3.63, 3.8) is 0 Å². The van der Waals surface area contributed by atoms with Crippen LogP contribution in [0.4, 0.5) is 0 Å². The summed E-state index contributed by atoms with van der Waals surface area (Å²) >= 11 is 12.4. The quantitative estimate of drug-likeness (QED) is 0.437. The fourth-order valence-electron chi connectivity index (χ4n) is 0.990. The molecule has 2 nitrogen and oxygen atoms in total. The summed E-state index contributed by atoms with van der Waals surface area (Å²) in [5.41, 5.74) is 0. The predicted octanol–water partition coefficient (Wildman–Crippen LogP) is 2.55. The average molecular weight is 270 g/mol. The summed E-state index contributed by atoms with van der Waals surface area (Å²) in [5, 5.41) is -0.417. The number of hydrogen-bond acceptors (Lipinski definition) is 1. The third-order valence-electron chi connectivity index (χ3n) is 1.80. The number of amides is 1. The van der Waals surface area contributed by atoms with E-state index in [1.807, 2.05) is 0 Å². The van der Waals surface area contributed by atoms with Gasteiger partial charge in [0.15, 0.2) is 0 Å². The van der Waals surface area contributed by atoms with Crippen LogP contribution in [0.3, 0.4) is 0 Å². The summed E-state index contributed by atoms with van der Waals surface area (Å²) in [6, 6.07) is 0. The summed E-state index contributed by atoms with van der Waals surface area (Å²) in [7, 11) is -1.46. The normalized spacial score (nSPS) is 15.8. The molecular formula is C8H17Cl2NOSi2. The maximum atomic E-state index is 11.4. The highest BCUT2D eigenvalue weighted by molar-refractivity contribution is 6.70. The minimum absolute atomic E-state index is 0.0256. The molecule has 0 spiro atoms. The van der Waals surface area contributed by atoms with E-state index in [0.717, 1.165) is 0 Å². The van der Waals surface area contributed by atoms with Gasteiger partial charge in [0.25, 0.3) is 0 Å². The van der Waals surface area contributed by atoms with Crippen LogP contribution in [0.2, 0.25) is 26.2 Å². The second kappa shape index (κ2) is 6.15. The summed E-state index contributed by atoms with van der Waals surface area (Å²) in [4.78, 5) is 13.1. The van der Waals surface area contributed by atoms with Gasteiger partial charge in [-0.15, -0.1) is 23.2 Å². The van der Waals surface area contributed by atoms with Gasteiger partial charge in [-0.2, -0.15) is 0 Å². The monoisotopic (exact) mass is 269 g/mol. The van der Waals surface area contributed by atoms with Crippen LogP contribution in [-0.2, 0) is 4.79 Å². The van der Waals surface area contributed by atoms with Crippen molar-refractivity contribution in [1.82, 2.24) is 4.90 Å². The Morgan fingerprint density at radius 1 is 1.07 bits per heavy atom. The molecule has 0 saturated heterocycles. The van der Waals surface area contributed by atoms with Gasteiger partial charge >= 0.3 is 0 Å². The van der Waals surface area contributed by atoms with Crippen LogP contribution in [0.1, 0.15) is 6.92 Å². The lowest BCUT2D eigenvalue weighted by atomic mass is 10.6. The topological polar surface area (TPSA) is 20.3 Å². The first-order chi connectivity index (χ1) is 6.29. The van der Waals surface area contributed by atoms with E-state index in [4.69, 9.17) is 23.2 Å². The highest BCUT2D eigenvalue weighted by Crippen LogP contribution is 2.18. The smallest absolute Gasteiger partial charge is 0.221 e. The standard InChI is InChI=1S/C8H17Cl2NOSi2/c1-6(12)11(7(9)13(2)3)8(10)14(4)5/h7-8H,1-5H3. The van der Waals surface area contributed by atoms with E-state index in [1.54, 1.807) is 4.90 Å². The molecule has 6 heteroatoms. The molecule has 14 heavy (non-hydrogen) atoms. The molecule has 0 heterocycles. The Hall–Kier alpha value is 0.484. The van der Waals surface area contributed by atoms with Crippen LogP contribution in [0.25, 0.3) is 0 Å². The summed E-state index contributed by atoms with van der Waals surface area (Å²) in [6.45, 7) is 9.86. The van der Waals surface area contributed by atoms with Gasteiger partial charge in [-0.05, 0) is 0 Å². The van der Waals surface area contributed by atoms with Gasteiger partial charge < -0.3 is 4.90 Å². The molecule has 0 fully saturated rings. The highest BCUT2D eigenvalue weighted by Gasteiger charge is 2.30. The lowest BCUT2D eigenvalue weighted by Crippen LogP contribution is -2.50. The van der Waals surface area contributed by atoms with Crippen molar-refractivity contribution >= 4 is 46.7 Å². The van der Waals surface area contributed by atoms with Gasteiger partial charge in [0.05, 0.1) is 27.8 Å². The maximum Gasteiger partial charge on any atom is 0.221 e. The van der Waals surface area contributed by atoms with Crippen molar-refractivity contribution < 1.29 is 4.79 Å². The van der Waals surface area contributed by atoms with Crippen molar-refractivity contribution in [3.05, 3.63) is 0 Å². The third-order valence-corrected chi connectivity index (χ3v) is 7.31. The maximum absolute atomic E-state index is 11.4. The molecule has 0 bridgehead atoms. The number of carbonyl (C=O) groups is 1. The Morgan fingerprint density at radius 2 is 1.36 bits per heavy atom. The zero-order valence-electron chi connectivity index (χ0n) is 9.27. The summed E-state index contributed by atoms with van der Waals surface area (Å²) in [5.74, 6) is -0.0256. The first-order valence-electron chi connectivity index (χ1n) is 4.46. The fourth-order valence-corrected chi connectivity index (χ4v) is 3.66. The molecule has 0 aromatic heterocycles.